The molecular formula is C16H15NS. The maximum atomic E-state index is 4.51. The Morgan fingerprint density at radius 2 is 2.00 bits per heavy atom. The Hall–Kier alpha value is -1.67. The van der Waals surface area contributed by atoms with Gasteiger partial charge >= 0.3 is 0 Å². The van der Waals surface area contributed by atoms with E-state index < -0.39 is 0 Å². The first kappa shape index (κ1) is 11.4. The lowest BCUT2D eigenvalue weighted by molar-refractivity contribution is 0.936. The number of aromatic nitrogens is 1. The van der Waals surface area contributed by atoms with Crippen molar-refractivity contribution in [3.8, 4) is 0 Å². The summed E-state index contributed by atoms with van der Waals surface area (Å²) in [5.41, 5.74) is 3.80. The molecule has 0 saturated heterocycles. The number of hydrogen-bond acceptors (Lipinski definition) is 2. The first-order valence-corrected chi connectivity index (χ1v) is 7.03. The van der Waals surface area contributed by atoms with Gasteiger partial charge in [0, 0.05) is 22.4 Å². The molecule has 0 N–H and O–H groups in total. The van der Waals surface area contributed by atoms with Crippen molar-refractivity contribution in [1.29, 1.82) is 0 Å². The van der Waals surface area contributed by atoms with Crippen LogP contribution in [0.5, 0.6) is 0 Å². The van der Waals surface area contributed by atoms with Crippen LogP contribution < -0.4 is 0 Å². The highest BCUT2D eigenvalue weighted by Gasteiger charge is 2.13. The lowest BCUT2D eigenvalue weighted by Crippen LogP contribution is -1.98. The van der Waals surface area contributed by atoms with Crippen LogP contribution in [0.4, 0.5) is 0 Å². The third-order valence-electron chi connectivity index (χ3n) is 3.51. The van der Waals surface area contributed by atoms with E-state index in [-0.39, 0.29) is 0 Å². The van der Waals surface area contributed by atoms with Gasteiger partial charge in [-0.15, -0.1) is 11.3 Å². The molecular weight excluding hydrogens is 238 g/mol. The summed E-state index contributed by atoms with van der Waals surface area (Å²) in [6.45, 7) is 4.44. The van der Waals surface area contributed by atoms with Gasteiger partial charge in [0.2, 0.25) is 0 Å². The molecule has 0 radical (unpaired) electrons. The number of fused-ring (bicyclic) bond motifs is 1. The average molecular weight is 253 g/mol. The summed E-state index contributed by atoms with van der Waals surface area (Å²) >= 11 is 1.82. The zero-order valence-electron chi connectivity index (χ0n) is 10.6. The lowest BCUT2D eigenvalue weighted by atomic mass is 9.93. The van der Waals surface area contributed by atoms with Crippen LogP contribution >= 0.6 is 11.3 Å². The van der Waals surface area contributed by atoms with E-state index in [1.54, 1.807) is 0 Å². The van der Waals surface area contributed by atoms with Gasteiger partial charge in [0.05, 0.1) is 5.52 Å². The molecule has 2 heterocycles. The third kappa shape index (κ3) is 1.83. The number of thiophene rings is 1. The monoisotopic (exact) mass is 253 g/mol. The second-order valence-electron chi connectivity index (χ2n) is 4.59. The van der Waals surface area contributed by atoms with Crippen molar-refractivity contribution < 1.29 is 0 Å². The number of rotatable bonds is 2. The lowest BCUT2D eigenvalue weighted by Gasteiger charge is -2.14. The van der Waals surface area contributed by atoms with Crippen LogP contribution in [-0.4, -0.2) is 4.98 Å². The van der Waals surface area contributed by atoms with Crippen LogP contribution in [0.3, 0.4) is 0 Å². The molecule has 0 saturated carbocycles. The summed E-state index contributed by atoms with van der Waals surface area (Å²) in [5, 5.41) is 3.36. The van der Waals surface area contributed by atoms with Crippen molar-refractivity contribution in [3.63, 3.8) is 0 Å². The summed E-state index contributed by atoms with van der Waals surface area (Å²) in [4.78, 5) is 5.92. The normalized spacial score (nSPS) is 12.8. The number of aryl methyl sites for hydroxylation is 1. The predicted molar refractivity (Wildman–Crippen MR) is 78.3 cm³/mol. The Labute approximate surface area is 111 Å². The molecule has 2 aromatic heterocycles. The van der Waals surface area contributed by atoms with Crippen molar-refractivity contribution in [2.24, 2.45) is 0 Å². The Morgan fingerprint density at radius 1 is 1.11 bits per heavy atom. The summed E-state index contributed by atoms with van der Waals surface area (Å²) < 4.78 is 0. The Bertz CT molecular complexity index is 671. The van der Waals surface area contributed by atoms with E-state index in [1.165, 1.54) is 21.4 Å². The largest absolute Gasteiger partial charge is 0.256 e. The Balaban J connectivity index is 2.15. The maximum Gasteiger partial charge on any atom is 0.0734 e. The molecule has 90 valence electrons. The highest BCUT2D eigenvalue weighted by Crippen LogP contribution is 2.32. The molecule has 0 fully saturated rings. The zero-order chi connectivity index (χ0) is 12.5. The topological polar surface area (TPSA) is 12.9 Å². The summed E-state index contributed by atoms with van der Waals surface area (Å²) in [6, 6.07) is 12.8. The number of benzene rings is 1. The van der Waals surface area contributed by atoms with Gasteiger partial charge in [-0.3, -0.25) is 4.98 Å². The van der Waals surface area contributed by atoms with Gasteiger partial charge in [-0.2, -0.15) is 0 Å². The second-order valence-corrected chi connectivity index (χ2v) is 5.57. The van der Waals surface area contributed by atoms with E-state index in [0.29, 0.717) is 5.92 Å². The molecule has 0 amide bonds. The Morgan fingerprint density at radius 3 is 2.78 bits per heavy atom. The molecule has 1 atom stereocenters. The molecule has 0 aliphatic heterocycles. The van der Waals surface area contributed by atoms with Gasteiger partial charge in [-0.25, -0.2) is 0 Å². The van der Waals surface area contributed by atoms with Crippen molar-refractivity contribution in [2.45, 2.75) is 19.8 Å². The van der Waals surface area contributed by atoms with Crippen molar-refractivity contribution in [1.82, 2.24) is 4.98 Å². The van der Waals surface area contributed by atoms with Crippen LogP contribution in [0.2, 0.25) is 0 Å². The molecule has 1 nitrogen and oxygen atoms in total. The molecule has 0 bridgehead atoms. The molecule has 18 heavy (non-hydrogen) atoms. The van der Waals surface area contributed by atoms with Crippen LogP contribution in [0, 0.1) is 6.92 Å². The minimum atomic E-state index is 0.441. The number of hydrogen-bond donors (Lipinski definition) is 0. The minimum absolute atomic E-state index is 0.441. The van der Waals surface area contributed by atoms with Crippen LogP contribution in [-0.2, 0) is 0 Å². The van der Waals surface area contributed by atoms with Crippen LogP contribution in [0.15, 0.2) is 48.0 Å². The highest BCUT2D eigenvalue weighted by molar-refractivity contribution is 7.10. The summed E-state index contributed by atoms with van der Waals surface area (Å²) in [6.07, 6.45) is 1.87. The molecule has 3 aromatic rings. The first-order chi connectivity index (χ1) is 8.77. The van der Waals surface area contributed by atoms with E-state index in [9.17, 15) is 0 Å². The fourth-order valence-electron chi connectivity index (χ4n) is 2.47. The molecule has 0 aliphatic rings. The van der Waals surface area contributed by atoms with E-state index in [1.807, 2.05) is 23.6 Å². The van der Waals surface area contributed by atoms with Gasteiger partial charge in [0.25, 0.3) is 0 Å². The zero-order valence-corrected chi connectivity index (χ0v) is 11.4. The van der Waals surface area contributed by atoms with E-state index in [2.05, 4.69) is 54.5 Å². The first-order valence-electron chi connectivity index (χ1n) is 6.15. The summed E-state index contributed by atoms with van der Waals surface area (Å²) in [7, 11) is 0. The SMILES string of the molecule is Cc1c(C(C)c2cccs2)ccc2cccnc12. The highest BCUT2D eigenvalue weighted by atomic mass is 32.1. The summed E-state index contributed by atoms with van der Waals surface area (Å²) in [5.74, 6) is 0.441. The molecule has 1 aromatic carbocycles. The van der Waals surface area contributed by atoms with Gasteiger partial charge in [0.15, 0.2) is 0 Å². The quantitative estimate of drug-likeness (QED) is 0.642. The van der Waals surface area contributed by atoms with E-state index >= 15 is 0 Å². The molecule has 0 aliphatic carbocycles. The molecule has 1 unspecified atom stereocenters. The maximum absolute atomic E-state index is 4.51. The van der Waals surface area contributed by atoms with Crippen molar-refractivity contribution in [3.05, 3.63) is 64.0 Å². The van der Waals surface area contributed by atoms with Crippen molar-refractivity contribution >= 4 is 22.2 Å². The number of nitrogens with zero attached hydrogens (tertiary/aromatic N) is 1. The second kappa shape index (κ2) is 4.54. The standard InChI is InChI=1S/C16H15NS/c1-11(15-6-4-10-18-15)14-8-7-13-5-3-9-17-16(13)12(14)2/h3-11H,1-2H3. The fraction of sp³-hybridized carbons (Fsp3) is 0.188. The van der Waals surface area contributed by atoms with Gasteiger partial charge in [-0.05, 0) is 35.6 Å². The van der Waals surface area contributed by atoms with Gasteiger partial charge in [0.1, 0.15) is 0 Å². The van der Waals surface area contributed by atoms with Crippen LogP contribution in [0.25, 0.3) is 10.9 Å². The predicted octanol–water partition coefficient (Wildman–Crippen LogP) is 4.76. The average Bonchev–Trinajstić information content (AvgIpc) is 2.93. The minimum Gasteiger partial charge on any atom is -0.256 e. The molecule has 3 rings (SSSR count). The fourth-order valence-corrected chi connectivity index (χ4v) is 3.27. The van der Waals surface area contributed by atoms with Crippen LogP contribution in [0.1, 0.15) is 28.8 Å². The van der Waals surface area contributed by atoms with Gasteiger partial charge < -0.3 is 0 Å². The number of pyridine rings is 1. The van der Waals surface area contributed by atoms with E-state index in [0.717, 1.165) is 5.52 Å². The third-order valence-corrected chi connectivity index (χ3v) is 4.56. The molecule has 2 heteroatoms. The van der Waals surface area contributed by atoms with E-state index in [4.69, 9.17) is 0 Å². The van der Waals surface area contributed by atoms with Gasteiger partial charge in [-0.1, -0.05) is 31.2 Å². The molecule has 0 spiro atoms. The smallest absolute Gasteiger partial charge is 0.0734 e. The Kier molecular flexibility index (Phi) is 2.88. The van der Waals surface area contributed by atoms with Crippen molar-refractivity contribution in [2.75, 3.05) is 0 Å².